The van der Waals surface area contributed by atoms with Crippen LogP contribution in [-0.2, 0) is 12.8 Å². The molecule has 2 saturated carbocycles. The minimum absolute atomic E-state index is 0.997. The van der Waals surface area contributed by atoms with Crippen molar-refractivity contribution in [3.05, 3.63) is 35.4 Å². The second-order valence-corrected chi connectivity index (χ2v) is 10.5. The monoisotopic (exact) mass is 396 g/mol. The number of hydrogen-bond donors (Lipinski definition) is 0. The molecule has 0 radical (unpaired) electrons. The number of benzene rings is 1. The molecule has 3 rings (SSSR count). The van der Waals surface area contributed by atoms with Gasteiger partial charge in [-0.2, -0.15) is 0 Å². The van der Waals surface area contributed by atoms with E-state index in [1.54, 1.807) is 31.2 Å². The van der Waals surface area contributed by atoms with E-state index in [0.717, 1.165) is 23.7 Å². The van der Waals surface area contributed by atoms with Crippen LogP contribution in [-0.4, -0.2) is 0 Å². The van der Waals surface area contributed by atoms with Crippen molar-refractivity contribution in [2.45, 2.75) is 123 Å². The van der Waals surface area contributed by atoms with Gasteiger partial charge in [-0.15, -0.1) is 0 Å². The predicted molar refractivity (Wildman–Crippen MR) is 128 cm³/mol. The van der Waals surface area contributed by atoms with Gasteiger partial charge < -0.3 is 0 Å². The van der Waals surface area contributed by atoms with Crippen LogP contribution in [0, 0.1) is 23.7 Å². The molecule has 0 unspecified atom stereocenters. The summed E-state index contributed by atoms with van der Waals surface area (Å²) in [5, 5.41) is 0. The molecular weight excluding hydrogens is 348 g/mol. The highest BCUT2D eigenvalue weighted by Gasteiger charge is 2.30. The molecular formula is C29H48. The Hall–Kier alpha value is -0.780. The SMILES string of the molecule is CCCCCCC1CCC(C2CCC(CCc3ccc(CCC)cc3)CC2)CC1. The van der Waals surface area contributed by atoms with E-state index < -0.39 is 0 Å². The highest BCUT2D eigenvalue weighted by molar-refractivity contribution is 5.22. The lowest BCUT2D eigenvalue weighted by Gasteiger charge is -2.38. The van der Waals surface area contributed by atoms with Gasteiger partial charge in [0.2, 0.25) is 0 Å². The molecule has 0 spiro atoms. The Kier molecular flexibility index (Phi) is 10.1. The van der Waals surface area contributed by atoms with Crippen molar-refractivity contribution in [2.75, 3.05) is 0 Å². The molecule has 0 amide bonds. The number of rotatable bonds is 11. The lowest BCUT2D eigenvalue weighted by Crippen LogP contribution is -2.26. The highest BCUT2D eigenvalue weighted by atomic mass is 14.4. The van der Waals surface area contributed by atoms with Crippen molar-refractivity contribution in [1.82, 2.24) is 0 Å². The van der Waals surface area contributed by atoms with Gasteiger partial charge in [-0.1, -0.05) is 102 Å². The molecule has 2 aliphatic rings. The molecule has 1 aromatic rings. The van der Waals surface area contributed by atoms with Crippen molar-refractivity contribution in [3.63, 3.8) is 0 Å². The van der Waals surface area contributed by atoms with Crippen molar-refractivity contribution >= 4 is 0 Å². The Labute approximate surface area is 182 Å². The summed E-state index contributed by atoms with van der Waals surface area (Å²) in [6.45, 7) is 4.59. The maximum Gasteiger partial charge on any atom is -0.0276 e. The Bertz CT molecular complexity index is 526. The van der Waals surface area contributed by atoms with Crippen LogP contribution in [0.3, 0.4) is 0 Å². The average molecular weight is 397 g/mol. The molecule has 164 valence electrons. The van der Waals surface area contributed by atoms with Crippen molar-refractivity contribution in [1.29, 1.82) is 0 Å². The van der Waals surface area contributed by atoms with Crippen LogP contribution in [0.2, 0.25) is 0 Å². The lowest BCUT2D eigenvalue weighted by atomic mass is 9.68. The average Bonchev–Trinajstić information content (AvgIpc) is 2.77. The third-order valence-electron chi connectivity index (χ3n) is 8.32. The largest absolute Gasteiger partial charge is 0.0654 e. The molecule has 0 heteroatoms. The summed E-state index contributed by atoms with van der Waals surface area (Å²) in [6, 6.07) is 9.49. The summed E-state index contributed by atoms with van der Waals surface area (Å²) >= 11 is 0. The minimum atomic E-state index is 0.997. The Morgan fingerprint density at radius 1 is 0.552 bits per heavy atom. The zero-order valence-electron chi connectivity index (χ0n) is 19.6. The molecule has 0 atom stereocenters. The Morgan fingerprint density at radius 2 is 1.07 bits per heavy atom. The van der Waals surface area contributed by atoms with E-state index in [9.17, 15) is 0 Å². The van der Waals surface area contributed by atoms with E-state index in [2.05, 4.69) is 38.1 Å². The quantitative estimate of drug-likeness (QED) is 0.327. The van der Waals surface area contributed by atoms with E-state index in [-0.39, 0.29) is 0 Å². The predicted octanol–water partition coefficient (Wildman–Crippen LogP) is 9.15. The van der Waals surface area contributed by atoms with E-state index in [4.69, 9.17) is 0 Å². The molecule has 1 aromatic carbocycles. The summed E-state index contributed by atoms with van der Waals surface area (Å²) in [6.07, 6.45) is 24.8. The Morgan fingerprint density at radius 3 is 1.59 bits per heavy atom. The number of aryl methyl sites for hydroxylation is 2. The van der Waals surface area contributed by atoms with Gasteiger partial charge in [0.05, 0.1) is 0 Å². The molecule has 29 heavy (non-hydrogen) atoms. The van der Waals surface area contributed by atoms with Crippen molar-refractivity contribution in [2.24, 2.45) is 23.7 Å². The highest BCUT2D eigenvalue weighted by Crippen LogP contribution is 2.43. The van der Waals surface area contributed by atoms with E-state index >= 15 is 0 Å². The molecule has 0 saturated heterocycles. The molecule has 0 heterocycles. The van der Waals surface area contributed by atoms with Crippen LogP contribution >= 0.6 is 0 Å². The molecule has 0 N–H and O–H groups in total. The normalized spacial score (nSPS) is 27.8. The van der Waals surface area contributed by atoms with Crippen molar-refractivity contribution < 1.29 is 0 Å². The lowest BCUT2D eigenvalue weighted by molar-refractivity contribution is 0.140. The first-order chi connectivity index (χ1) is 14.3. The summed E-state index contributed by atoms with van der Waals surface area (Å²) in [5.41, 5.74) is 3.07. The van der Waals surface area contributed by atoms with Gasteiger partial charge in [0.25, 0.3) is 0 Å². The van der Waals surface area contributed by atoms with E-state index in [1.165, 1.54) is 89.0 Å². The summed E-state index contributed by atoms with van der Waals surface area (Å²) < 4.78 is 0. The molecule has 0 nitrogen and oxygen atoms in total. The first kappa shape index (κ1) is 22.9. The van der Waals surface area contributed by atoms with Gasteiger partial charge in [0.15, 0.2) is 0 Å². The molecule has 0 bridgehead atoms. The van der Waals surface area contributed by atoms with Crippen LogP contribution in [0.1, 0.15) is 121 Å². The van der Waals surface area contributed by atoms with Crippen LogP contribution in [0.15, 0.2) is 24.3 Å². The fraction of sp³-hybridized carbons (Fsp3) is 0.793. The topological polar surface area (TPSA) is 0 Å². The van der Waals surface area contributed by atoms with Gasteiger partial charge >= 0.3 is 0 Å². The molecule has 0 aliphatic heterocycles. The smallest absolute Gasteiger partial charge is 0.0276 e. The first-order valence-electron chi connectivity index (χ1n) is 13.4. The second-order valence-electron chi connectivity index (χ2n) is 10.5. The van der Waals surface area contributed by atoms with Crippen LogP contribution < -0.4 is 0 Å². The fourth-order valence-electron chi connectivity index (χ4n) is 6.29. The molecule has 2 fully saturated rings. The fourth-order valence-corrected chi connectivity index (χ4v) is 6.29. The number of hydrogen-bond acceptors (Lipinski definition) is 0. The second kappa shape index (κ2) is 12.8. The third kappa shape index (κ3) is 7.76. The van der Waals surface area contributed by atoms with Gasteiger partial charge in [-0.3, -0.25) is 0 Å². The summed E-state index contributed by atoms with van der Waals surface area (Å²) in [5.74, 6) is 4.22. The maximum absolute atomic E-state index is 2.39. The first-order valence-corrected chi connectivity index (χ1v) is 13.4. The summed E-state index contributed by atoms with van der Waals surface area (Å²) in [4.78, 5) is 0. The van der Waals surface area contributed by atoms with Gasteiger partial charge in [0, 0.05) is 0 Å². The van der Waals surface area contributed by atoms with Crippen LogP contribution in [0.4, 0.5) is 0 Å². The van der Waals surface area contributed by atoms with Crippen LogP contribution in [0.5, 0.6) is 0 Å². The molecule has 0 aromatic heterocycles. The Balaban J connectivity index is 1.29. The standard InChI is InChI=1S/C29H48/c1-3-5-6-7-9-25-16-20-28(21-17-25)29-22-18-27(19-23-29)15-14-26-12-10-24(8-4-2)11-13-26/h10-13,25,27-29H,3-9,14-23H2,1-2H3. The zero-order chi connectivity index (χ0) is 20.3. The third-order valence-corrected chi connectivity index (χ3v) is 8.32. The minimum Gasteiger partial charge on any atom is -0.0654 e. The van der Waals surface area contributed by atoms with Crippen LogP contribution in [0.25, 0.3) is 0 Å². The van der Waals surface area contributed by atoms with E-state index in [0.29, 0.717) is 0 Å². The van der Waals surface area contributed by atoms with Gasteiger partial charge in [-0.25, -0.2) is 0 Å². The van der Waals surface area contributed by atoms with E-state index in [1.807, 2.05) is 0 Å². The van der Waals surface area contributed by atoms with Gasteiger partial charge in [0.1, 0.15) is 0 Å². The summed E-state index contributed by atoms with van der Waals surface area (Å²) in [7, 11) is 0. The number of unbranched alkanes of at least 4 members (excludes halogenated alkanes) is 3. The van der Waals surface area contributed by atoms with Crippen molar-refractivity contribution in [3.8, 4) is 0 Å². The maximum atomic E-state index is 2.39. The molecule has 2 aliphatic carbocycles. The van der Waals surface area contributed by atoms with Gasteiger partial charge in [-0.05, 0) is 79.7 Å². The zero-order valence-corrected chi connectivity index (χ0v) is 19.6.